The molecule has 1 aliphatic carbocycles. The summed E-state index contributed by atoms with van der Waals surface area (Å²) >= 11 is 0. The number of ether oxygens (including phenoxy) is 1. The quantitative estimate of drug-likeness (QED) is 0.296. The van der Waals surface area contributed by atoms with E-state index in [2.05, 4.69) is 10.6 Å². The number of benzene rings is 2. The number of nitrogens with one attached hydrogen (secondary N) is 2. The van der Waals surface area contributed by atoms with Crippen LogP contribution in [0.1, 0.15) is 56.0 Å². The van der Waals surface area contributed by atoms with Gasteiger partial charge in [-0.15, -0.1) is 0 Å². The van der Waals surface area contributed by atoms with E-state index in [-0.39, 0.29) is 12.5 Å². The van der Waals surface area contributed by atoms with Crippen LogP contribution in [0.15, 0.2) is 72.9 Å². The zero-order chi connectivity index (χ0) is 27.6. The van der Waals surface area contributed by atoms with Gasteiger partial charge in [-0.25, -0.2) is 14.2 Å². The topological polar surface area (TPSA) is 84.7 Å². The van der Waals surface area contributed by atoms with E-state index in [1.807, 2.05) is 79.8 Å². The van der Waals surface area contributed by atoms with Crippen LogP contribution in [0.4, 0.5) is 9.18 Å². The Morgan fingerprint density at radius 1 is 1.00 bits per heavy atom. The van der Waals surface area contributed by atoms with Crippen LogP contribution in [-0.4, -0.2) is 40.2 Å². The number of rotatable bonds is 7. The number of nitrogens with zero attached hydrogens (tertiary/aromatic N) is 2. The Labute approximate surface area is 227 Å². The summed E-state index contributed by atoms with van der Waals surface area (Å²) < 4.78 is 20.0. The lowest BCUT2D eigenvalue weighted by molar-refractivity contribution is 0.0377. The molecule has 0 radical (unpaired) electrons. The molecule has 5 rings (SSSR count). The smallest absolute Gasteiger partial charge is 0.408 e. The average molecular weight is 529 g/mol. The van der Waals surface area contributed by atoms with Gasteiger partial charge in [0, 0.05) is 23.9 Å². The van der Waals surface area contributed by atoms with Gasteiger partial charge in [0.1, 0.15) is 17.9 Å². The molecule has 0 bridgehead atoms. The van der Waals surface area contributed by atoms with E-state index < -0.39 is 23.9 Å². The molecule has 0 saturated heterocycles. The molecule has 0 unspecified atom stereocenters. The highest BCUT2D eigenvalue weighted by atomic mass is 19.1. The minimum atomic E-state index is -0.622. The van der Waals surface area contributed by atoms with Gasteiger partial charge in [0.05, 0.1) is 22.5 Å². The van der Waals surface area contributed by atoms with Gasteiger partial charge in [0.2, 0.25) is 0 Å². The molecule has 202 valence electrons. The number of alkyl carbamates (subject to hydrolysis) is 1. The minimum Gasteiger partial charge on any atom is -0.444 e. The predicted octanol–water partition coefficient (Wildman–Crippen LogP) is 6.27. The van der Waals surface area contributed by atoms with Gasteiger partial charge in [0.25, 0.3) is 5.91 Å². The number of hydrogen-bond acceptors (Lipinski definition) is 4. The van der Waals surface area contributed by atoms with Crippen molar-refractivity contribution in [2.45, 2.75) is 51.2 Å². The molecule has 0 atom stereocenters. The molecule has 7 nitrogen and oxygen atoms in total. The number of imidazole rings is 1. The summed E-state index contributed by atoms with van der Waals surface area (Å²) in [5, 5.41) is 5.69. The summed E-state index contributed by atoms with van der Waals surface area (Å²) in [7, 11) is 0. The summed E-state index contributed by atoms with van der Waals surface area (Å²) in [5.74, 6) is -0.337. The number of halogens is 1. The molecule has 1 fully saturated rings. The molecule has 2 heterocycles. The Bertz CT molecular complexity index is 1490. The van der Waals surface area contributed by atoms with Crippen molar-refractivity contribution in [2.75, 3.05) is 13.2 Å². The van der Waals surface area contributed by atoms with Gasteiger partial charge in [-0.05, 0) is 57.7 Å². The molecule has 1 aliphatic rings. The number of pyridine rings is 1. The van der Waals surface area contributed by atoms with Crippen LogP contribution in [0.5, 0.6) is 0 Å². The Kier molecular flexibility index (Phi) is 7.12. The highest BCUT2D eigenvalue weighted by Crippen LogP contribution is 2.42. The van der Waals surface area contributed by atoms with Crippen LogP contribution in [0, 0.1) is 0 Å². The lowest BCUT2D eigenvalue weighted by Crippen LogP contribution is -2.52. The first kappa shape index (κ1) is 26.4. The van der Waals surface area contributed by atoms with Crippen LogP contribution in [0.2, 0.25) is 0 Å². The minimum absolute atomic E-state index is 0.0335. The lowest BCUT2D eigenvalue weighted by Gasteiger charge is -2.43. The summed E-state index contributed by atoms with van der Waals surface area (Å²) in [6.07, 6.45) is 4.06. The Balaban J connectivity index is 1.52. The second kappa shape index (κ2) is 10.5. The maximum absolute atomic E-state index is 12.6. The van der Waals surface area contributed by atoms with Crippen LogP contribution in [-0.2, 0) is 10.3 Å². The van der Waals surface area contributed by atoms with Gasteiger partial charge >= 0.3 is 6.09 Å². The monoisotopic (exact) mass is 528 g/mol. The van der Waals surface area contributed by atoms with Crippen LogP contribution in [0.3, 0.4) is 0 Å². The van der Waals surface area contributed by atoms with E-state index in [9.17, 15) is 14.0 Å². The molecule has 4 aromatic rings. The number of fused-ring (bicyclic) bond motifs is 1. The van der Waals surface area contributed by atoms with Gasteiger partial charge in [0.15, 0.2) is 0 Å². The molecule has 39 heavy (non-hydrogen) atoms. The Morgan fingerprint density at radius 3 is 2.33 bits per heavy atom. The third kappa shape index (κ3) is 5.50. The maximum atomic E-state index is 12.6. The molecular weight excluding hydrogens is 495 g/mol. The Morgan fingerprint density at radius 2 is 1.72 bits per heavy atom. The second-order valence-corrected chi connectivity index (χ2v) is 10.9. The van der Waals surface area contributed by atoms with Crippen LogP contribution < -0.4 is 10.6 Å². The number of hydrogen-bond donors (Lipinski definition) is 2. The summed E-state index contributed by atoms with van der Waals surface area (Å²) in [6.45, 7) is 4.91. The maximum Gasteiger partial charge on any atom is 0.408 e. The zero-order valence-electron chi connectivity index (χ0n) is 22.5. The van der Waals surface area contributed by atoms with Gasteiger partial charge < -0.3 is 15.4 Å². The van der Waals surface area contributed by atoms with E-state index in [1.165, 1.54) is 0 Å². The number of alkyl halides is 1. The summed E-state index contributed by atoms with van der Waals surface area (Å²) in [5.41, 5.74) is 4.63. The van der Waals surface area contributed by atoms with E-state index >= 15 is 0 Å². The first-order valence-corrected chi connectivity index (χ1v) is 13.2. The van der Waals surface area contributed by atoms with E-state index in [1.54, 1.807) is 18.3 Å². The molecule has 2 aromatic heterocycles. The average Bonchev–Trinajstić information content (AvgIpc) is 3.28. The molecule has 2 aromatic carbocycles. The molecule has 1 saturated carbocycles. The SMILES string of the molecule is CC(C)(C)OC(=O)NC1(c2ccc(-c3nc4ccc(C(=O)NCCF)cn4c3-c3ccccc3)cc2)CCC1. The molecule has 2 amide bonds. The standard InChI is InChI=1S/C31H33FN4O3/c1-30(2,3)39-29(38)35-31(16-7-17-31)24-13-10-21(11-14-24)26-27(22-8-5-4-6-9-22)36-20-23(12-15-25(36)34-26)28(37)33-19-18-32/h4-6,8-15,20H,7,16-19H2,1-3H3,(H,33,37)(H,35,38). The Hall–Kier alpha value is -4.20. The summed E-state index contributed by atoms with van der Waals surface area (Å²) in [4.78, 5) is 30.0. The fourth-order valence-corrected chi connectivity index (χ4v) is 4.98. The zero-order valence-corrected chi connectivity index (χ0v) is 22.5. The number of aromatic nitrogens is 2. The number of carbonyl (C=O) groups excluding carboxylic acids is 2. The van der Waals surface area contributed by atoms with Crippen molar-refractivity contribution >= 4 is 17.6 Å². The largest absolute Gasteiger partial charge is 0.444 e. The number of carbonyl (C=O) groups is 2. The van der Waals surface area contributed by atoms with Gasteiger partial charge in [-0.3, -0.25) is 9.20 Å². The third-order valence-electron chi connectivity index (χ3n) is 6.97. The predicted molar refractivity (Wildman–Crippen MR) is 149 cm³/mol. The molecule has 0 spiro atoms. The van der Waals surface area contributed by atoms with Crippen LogP contribution in [0.25, 0.3) is 28.2 Å². The highest BCUT2D eigenvalue weighted by Gasteiger charge is 2.41. The lowest BCUT2D eigenvalue weighted by atomic mass is 9.71. The summed E-state index contributed by atoms with van der Waals surface area (Å²) in [6, 6.07) is 21.5. The van der Waals surface area contributed by atoms with Crippen molar-refractivity contribution in [1.29, 1.82) is 0 Å². The van der Waals surface area contributed by atoms with E-state index in [4.69, 9.17) is 9.72 Å². The highest BCUT2D eigenvalue weighted by molar-refractivity contribution is 5.94. The normalized spacial score (nSPS) is 14.5. The van der Waals surface area contributed by atoms with E-state index in [0.717, 1.165) is 47.3 Å². The van der Waals surface area contributed by atoms with Crippen LogP contribution >= 0.6 is 0 Å². The van der Waals surface area contributed by atoms with Crippen molar-refractivity contribution in [3.05, 3.63) is 84.1 Å². The fraction of sp³-hybridized carbons (Fsp3) is 0.323. The number of amides is 2. The van der Waals surface area contributed by atoms with Crippen molar-refractivity contribution in [3.8, 4) is 22.5 Å². The van der Waals surface area contributed by atoms with Crippen molar-refractivity contribution in [1.82, 2.24) is 20.0 Å². The molecule has 2 N–H and O–H groups in total. The molecule has 0 aliphatic heterocycles. The van der Waals surface area contributed by atoms with E-state index in [0.29, 0.717) is 11.2 Å². The first-order chi connectivity index (χ1) is 18.7. The third-order valence-corrected chi connectivity index (χ3v) is 6.97. The molecule has 8 heteroatoms. The van der Waals surface area contributed by atoms with Gasteiger partial charge in [-0.2, -0.15) is 0 Å². The van der Waals surface area contributed by atoms with Crippen molar-refractivity contribution < 1.29 is 18.7 Å². The first-order valence-electron chi connectivity index (χ1n) is 13.2. The van der Waals surface area contributed by atoms with Crippen molar-refractivity contribution in [2.24, 2.45) is 0 Å². The fourth-order valence-electron chi connectivity index (χ4n) is 4.98. The van der Waals surface area contributed by atoms with Crippen molar-refractivity contribution in [3.63, 3.8) is 0 Å². The second-order valence-electron chi connectivity index (χ2n) is 10.9. The molecular formula is C31H33FN4O3. The van der Waals surface area contributed by atoms with Gasteiger partial charge in [-0.1, -0.05) is 54.6 Å².